The number of aromatic nitrogens is 1. The molecule has 0 aliphatic carbocycles. The van der Waals surface area contributed by atoms with Crippen molar-refractivity contribution in [2.24, 2.45) is 0 Å². The van der Waals surface area contributed by atoms with E-state index in [4.69, 9.17) is 20.9 Å². The van der Waals surface area contributed by atoms with Gasteiger partial charge in [-0.05, 0) is 30.3 Å². The fourth-order valence-corrected chi connectivity index (χ4v) is 1.97. The van der Waals surface area contributed by atoms with Crippen molar-refractivity contribution < 1.29 is 36.8 Å². The van der Waals surface area contributed by atoms with Crippen LogP contribution in [0.1, 0.15) is 11.3 Å². The third kappa shape index (κ3) is 5.66. The third-order valence-electron chi connectivity index (χ3n) is 2.86. The number of aryl methyl sites for hydroxylation is 1. The van der Waals surface area contributed by atoms with Gasteiger partial charge in [0.15, 0.2) is 13.2 Å². The van der Waals surface area contributed by atoms with Crippen molar-refractivity contribution in [3.63, 3.8) is 0 Å². The number of benzene rings is 1. The average molecular weight is 393 g/mol. The smallest absolute Gasteiger partial charge is 0.417 e. The quantitative estimate of drug-likeness (QED) is 0.759. The zero-order valence-corrected chi connectivity index (χ0v) is 14.0. The number of hydrogen-bond acceptors (Lipinski definition) is 6. The van der Waals surface area contributed by atoms with Gasteiger partial charge in [0.05, 0.1) is 10.6 Å². The normalized spacial score (nSPS) is 11.1. The Bertz CT molecular complexity index is 807. The fraction of sp³-hybridized carbons (Fsp3) is 0.267. The van der Waals surface area contributed by atoms with E-state index in [9.17, 15) is 22.8 Å². The number of amides is 1. The summed E-state index contributed by atoms with van der Waals surface area (Å²) in [6, 6.07) is 4.31. The number of esters is 1. The van der Waals surface area contributed by atoms with E-state index in [2.05, 4.69) is 15.2 Å². The van der Waals surface area contributed by atoms with Crippen LogP contribution in [-0.4, -0.2) is 30.2 Å². The van der Waals surface area contributed by atoms with E-state index in [1.165, 1.54) is 12.1 Å². The summed E-state index contributed by atoms with van der Waals surface area (Å²) in [5.41, 5.74) is -1.23. The Kier molecular flexibility index (Phi) is 6.09. The molecule has 0 aliphatic heterocycles. The maximum Gasteiger partial charge on any atom is 0.417 e. The number of hydrogen-bond donors (Lipinski definition) is 1. The summed E-state index contributed by atoms with van der Waals surface area (Å²) < 4.78 is 52.6. The molecule has 7 nitrogen and oxygen atoms in total. The Morgan fingerprint density at radius 1 is 1.27 bits per heavy atom. The molecule has 1 heterocycles. The molecule has 0 fully saturated rings. The summed E-state index contributed by atoms with van der Waals surface area (Å²) >= 11 is 5.48. The van der Waals surface area contributed by atoms with Crippen LogP contribution in [0.15, 0.2) is 28.8 Å². The van der Waals surface area contributed by atoms with E-state index < -0.39 is 41.9 Å². The van der Waals surface area contributed by atoms with Crippen LogP contribution in [0.3, 0.4) is 0 Å². The van der Waals surface area contributed by atoms with Gasteiger partial charge in [-0.3, -0.25) is 4.79 Å². The topological polar surface area (TPSA) is 90.7 Å². The molecule has 140 valence electrons. The number of nitrogens with one attached hydrogen (secondary N) is 1. The Labute approximate surface area is 150 Å². The highest BCUT2D eigenvalue weighted by atomic mass is 35.5. The zero-order valence-electron chi connectivity index (χ0n) is 13.2. The molecule has 1 aromatic carbocycles. The first-order chi connectivity index (χ1) is 12.1. The largest absolute Gasteiger partial charge is 0.463 e. The molecule has 0 unspecified atom stereocenters. The number of alkyl halides is 3. The van der Waals surface area contributed by atoms with Gasteiger partial charge in [-0.1, -0.05) is 11.6 Å². The number of ether oxygens (including phenoxy) is 2. The predicted octanol–water partition coefficient (Wildman–Crippen LogP) is 3.22. The summed E-state index contributed by atoms with van der Waals surface area (Å²) in [5, 5.41) is 5.16. The van der Waals surface area contributed by atoms with Crippen LogP contribution in [0.2, 0.25) is 5.02 Å². The molecule has 0 saturated carbocycles. The van der Waals surface area contributed by atoms with Crippen molar-refractivity contribution >= 4 is 29.2 Å². The molecule has 1 aromatic heterocycles. The van der Waals surface area contributed by atoms with E-state index in [0.29, 0.717) is 11.8 Å². The van der Waals surface area contributed by atoms with Gasteiger partial charge in [0.25, 0.3) is 11.8 Å². The molecule has 1 N–H and O–H groups in total. The zero-order chi connectivity index (χ0) is 19.3. The number of carbonyl (C=O) groups is 2. The standard InChI is InChI=1S/C15H12ClF3N2O5/c1-8-4-13(21-26-8)24-7-14(23)25-6-12(22)20-9-2-3-11(16)10(5-9)15(17,18)19/h2-5H,6-7H2,1H3,(H,20,22). The molecule has 0 spiro atoms. The lowest BCUT2D eigenvalue weighted by Crippen LogP contribution is -2.23. The lowest BCUT2D eigenvalue weighted by atomic mass is 10.2. The van der Waals surface area contributed by atoms with Crippen molar-refractivity contribution in [1.29, 1.82) is 0 Å². The molecule has 2 rings (SSSR count). The van der Waals surface area contributed by atoms with Crippen molar-refractivity contribution in [1.82, 2.24) is 5.16 Å². The lowest BCUT2D eigenvalue weighted by Gasteiger charge is -2.12. The van der Waals surface area contributed by atoms with E-state index in [-0.39, 0.29) is 11.6 Å². The highest BCUT2D eigenvalue weighted by Gasteiger charge is 2.33. The van der Waals surface area contributed by atoms with Crippen LogP contribution >= 0.6 is 11.6 Å². The molecule has 0 bridgehead atoms. The minimum atomic E-state index is -4.67. The number of carbonyl (C=O) groups excluding carboxylic acids is 2. The van der Waals surface area contributed by atoms with E-state index in [1.807, 2.05) is 0 Å². The van der Waals surface area contributed by atoms with Gasteiger partial charge in [-0.2, -0.15) is 13.2 Å². The van der Waals surface area contributed by atoms with E-state index in [1.54, 1.807) is 6.92 Å². The maximum atomic E-state index is 12.8. The molecule has 0 atom stereocenters. The second-order valence-corrected chi connectivity index (χ2v) is 5.37. The van der Waals surface area contributed by atoms with Crippen molar-refractivity contribution in [2.45, 2.75) is 13.1 Å². The first kappa shape index (κ1) is 19.6. The predicted molar refractivity (Wildman–Crippen MR) is 82.8 cm³/mol. The van der Waals surface area contributed by atoms with Gasteiger partial charge in [0, 0.05) is 11.8 Å². The lowest BCUT2D eigenvalue weighted by molar-refractivity contribution is -0.149. The van der Waals surface area contributed by atoms with Gasteiger partial charge in [0.1, 0.15) is 5.76 Å². The van der Waals surface area contributed by atoms with Gasteiger partial charge in [-0.15, -0.1) is 0 Å². The van der Waals surface area contributed by atoms with Crippen LogP contribution in [0.5, 0.6) is 5.88 Å². The second kappa shape index (κ2) is 8.09. The summed E-state index contributed by atoms with van der Waals surface area (Å²) in [6.45, 7) is 0.409. The van der Waals surface area contributed by atoms with Crippen LogP contribution in [0.4, 0.5) is 18.9 Å². The Morgan fingerprint density at radius 3 is 2.62 bits per heavy atom. The van der Waals surface area contributed by atoms with Gasteiger partial charge in [-0.25, -0.2) is 4.79 Å². The first-order valence-corrected chi connectivity index (χ1v) is 7.41. The summed E-state index contributed by atoms with van der Waals surface area (Å²) in [7, 11) is 0. The Balaban J connectivity index is 1.82. The molecule has 0 radical (unpaired) electrons. The van der Waals surface area contributed by atoms with Crippen LogP contribution in [0.25, 0.3) is 0 Å². The SMILES string of the molecule is Cc1cc(OCC(=O)OCC(=O)Nc2ccc(Cl)c(C(F)(F)F)c2)no1. The van der Waals surface area contributed by atoms with Gasteiger partial charge < -0.3 is 19.3 Å². The maximum absolute atomic E-state index is 12.8. The summed E-state index contributed by atoms with van der Waals surface area (Å²) in [4.78, 5) is 23.1. The first-order valence-electron chi connectivity index (χ1n) is 7.03. The highest BCUT2D eigenvalue weighted by molar-refractivity contribution is 6.31. The Hall–Kier alpha value is -2.75. The van der Waals surface area contributed by atoms with Gasteiger partial charge in [0.2, 0.25) is 0 Å². The molecule has 0 saturated heterocycles. The summed E-state index contributed by atoms with van der Waals surface area (Å²) in [5.74, 6) is -1.14. The van der Waals surface area contributed by atoms with E-state index in [0.717, 1.165) is 6.07 Å². The molecule has 1 amide bonds. The van der Waals surface area contributed by atoms with Crippen LogP contribution < -0.4 is 10.1 Å². The van der Waals surface area contributed by atoms with Gasteiger partial charge >= 0.3 is 12.1 Å². The molecule has 26 heavy (non-hydrogen) atoms. The number of anilines is 1. The van der Waals surface area contributed by atoms with Crippen molar-refractivity contribution in [3.8, 4) is 5.88 Å². The number of rotatable bonds is 6. The van der Waals surface area contributed by atoms with Crippen LogP contribution in [-0.2, 0) is 20.5 Å². The molecule has 11 heteroatoms. The fourth-order valence-electron chi connectivity index (χ4n) is 1.75. The number of halogens is 4. The van der Waals surface area contributed by atoms with Crippen molar-refractivity contribution in [3.05, 3.63) is 40.6 Å². The minimum absolute atomic E-state index is 0.0738. The average Bonchev–Trinajstić information content (AvgIpc) is 2.97. The Morgan fingerprint density at radius 2 is 2.00 bits per heavy atom. The highest BCUT2D eigenvalue weighted by Crippen LogP contribution is 2.36. The van der Waals surface area contributed by atoms with Crippen molar-refractivity contribution in [2.75, 3.05) is 18.5 Å². The monoisotopic (exact) mass is 392 g/mol. The summed E-state index contributed by atoms with van der Waals surface area (Å²) in [6.07, 6.45) is -4.67. The molecular formula is C15H12ClF3N2O5. The molecule has 0 aliphatic rings. The molecule has 2 aromatic rings. The molecular weight excluding hydrogens is 381 g/mol. The third-order valence-corrected chi connectivity index (χ3v) is 3.19. The minimum Gasteiger partial charge on any atom is -0.463 e. The van der Waals surface area contributed by atoms with Crippen LogP contribution in [0, 0.1) is 6.92 Å². The number of nitrogens with zero attached hydrogens (tertiary/aromatic N) is 1. The van der Waals surface area contributed by atoms with E-state index >= 15 is 0 Å². The second-order valence-electron chi connectivity index (χ2n) is 4.97.